The molecule has 0 aromatic carbocycles. The number of anilines is 1. The van der Waals surface area contributed by atoms with Crippen LogP contribution in [0, 0.1) is 0 Å². The lowest BCUT2D eigenvalue weighted by molar-refractivity contribution is -0.163. The van der Waals surface area contributed by atoms with E-state index in [1.165, 1.54) is 0 Å². The van der Waals surface area contributed by atoms with Crippen molar-refractivity contribution < 1.29 is 22.4 Å². The fourth-order valence-electron chi connectivity index (χ4n) is 0.633. The summed E-state index contributed by atoms with van der Waals surface area (Å²) in [5, 5.41) is 7.13. The SMILES string of the molecule is O=C(Nc1cn[nH]c1)C(F)(F)C(F)F. The van der Waals surface area contributed by atoms with Crippen LogP contribution in [0.4, 0.5) is 23.2 Å². The van der Waals surface area contributed by atoms with E-state index < -0.39 is 18.3 Å². The van der Waals surface area contributed by atoms with Crippen molar-refractivity contribution in [2.75, 3.05) is 5.32 Å². The molecule has 1 heterocycles. The molecule has 0 saturated heterocycles. The van der Waals surface area contributed by atoms with Crippen molar-refractivity contribution in [1.82, 2.24) is 10.2 Å². The van der Waals surface area contributed by atoms with Crippen molar-refractivity contribution in [1.29, 1.82) is 0 Å². The molecule has 0 radical (unpaired) electrons. The Morgan fingerprint density at radius 2 is 2.21 bits per heavy atom. The molecule has 1 rings (SSSR count). The second-order valence-electron chi connectivity index (χ2n) is 2.36. The number of hydrogen-bond acceptors (Lipinski definition) is 2. The number of carbonyl (C=O) groups is 1. The maximum absolute atomic E-state index is 12.3. The highest BCUT2D eigenvalue weighted by Crippen LogP contribution is 2.24. The van der Waals surface area contributed by atoms with Crippen LogP contribution in [0.3, 0.4) is 0 Å². The lowest BCUT2D eigenvalue weighted by atomic mass is 10.3. The van der Waals surface area contributed by atoms with Crippen LogP contribution < -0.4 is 5.32 Å². The normalized spacial score (nSPS) is 11.8. The van der Waals surface area contributed by atoms with Gasteiger partial charge in [-0.3, -0.25) is 9.89 Å². The number of amides is 1. The summed E-state index contributed by atoms with van der Waals surface area (Å²) in [7, 11) is 0. The molecule has 1 aromatic heterocycles. The van der Waals surface area contributed by atoms with Crippen LogP contribution in [0.15, 0.2) is 12.4 Å². The van der Waals surface area contributed by atoms with Crippen molar-refractivity contribution in [3.8, 4) is 0 Å². The first kappa shape index (κ1) is 10.5. The van der Waals surface area contributed by atoms with Gasteiger partial charge in [0.2, 0.25) is 0 Å². The minimum Gasteiger partial charge on any atom is -0.318 e. The number of nitrogens with zero attached hydrogens (tertiary/aromatic N) is 1. The standard InChI is InChI=1S/C6H5F4N3O/c7-4(8)6(9,10)5(14)13-3-1-11-12-2-3/h1-2,4H,(H,11,12)(H,13,14). The predicted molar refractivity (Wildman–Crippen MR) is 38.2 cm³/mol. The predicted octanol–water partition coefficient (Wildman–Crippen LogP) is 1.25. The maximum Gasteiger partial charge on any atom is 0.383 e. The Labute approximate surface area is 75.3 Å². The summed E-state index contributed by atoms with van der Waals surface area (Å²) in [6.45, 7) is 0. The Morgan fingerprint density at radius 3 is 2.64 bits per heavy atom. The average molecular weight is 211 g/mol. The van der Waals surface area contributed by atoms with Crippen molar-refractivity contribution >= 4 is 11.6 Å². The lowest BCUT2D eigenvalue weighted by Gasteiger charge is -2.13. The number of alkyl halides is 4. The maximum atomic E-state index is 12.3. The van der Waals surface area contributed by atoms with E-state index in [1.54, 1.807) is 5.32 Å². The first-order valence-corrected chi connectivity index (χ1v) is 3.41. The Morgan fingerprint density at radius 1 is 1.57 bits per heavy atom. The summed E-state index contributed by atoms with van der Waals surface area (Å²) in [6, 6.07) is 0. The van der Waals surface area contributed by atoms with Gasteiger partial charge in [-0.1, -0.05) is 0 Å². The molecule has 1 aromatic rings. The van der Waals surface area contributed by atoms with E-state index in [0.717, 1.165) is 12.4 Å². The van der Waals surface area contributed by atoms with Gasteiger partial charge in [0.25, 0.3) is 0 Å². The minimum atomic E-state index is -4.70. The zero-order valence-corrected chi connectivity index (χ0v) is 6.60. The molecular weight excluding hydrogens is 206 g/mol. The van der Waals surface area contributed by atoms with Gasteiger partial charge >= 0.3 is 18.3 Å². The van der Waals surface area contributed by atoms with E-state index in [2.05, 4.69) is 10.2 Å². The monoisotopic (exact) mass is 211 g/mol. The number of carbonyl (C=O) groups excluding carboxylic acids is 1. The molecular formula is C6H5F4N3O. The first-order valence-electron chi connectivity index (χ1n) is 3.41. The highest BCUT2D eigenvalue weighted by molar-refractivity contribution is 5.96. The van der Waals surface area contributed by atoms with Gasteiger partial charge in [-0.25, -0.2) is 8.78 Å². The third kappa shape index (κ3) is 2.01. The molecule has 1 amide bonds. The van der Waals surface area contributed by atoms with E-state index in [1.807, 2.05) is 0 Å². The summed E-state index contributed by atoms with van der Waals surface area (Å²) in [4.78, 5) is 10.6. The third-order valence-electron chi connectivity index (χ3n) is 1.33. The van der Waals surface area contributed by atoms with E-state index in [-0.39, 0.29) is 5.69 Å². The molecule has 0 fully saturated rings. The highest BCUT2D eigenvalue weighted by Gasteiger charge is 2.48. The molecule has 0 aliphatic heterocycles. The molecule has 0 aliphatic rings. The van der Waals surface area contributed by atoms with Crippen LogP contribution in [-0.4, -0.2) is 28.5 Å². The van der Waals surface area contributed by atoms with Gasteiger partial charge in [0.05, 0.1) is 11.9 Å². The second kappa shape index (κ2) is 3.64. The quantitative estimate of drug-likeness (QED) is 0.739. The van der Waals surface area contributed by atoms with Crippen LogP contribution in [0.5, 0.6) is 0 Å². The van der Waals surface area contributed by atoms with Gasteiger partial charge in [0, 0.05) is 6.20 Å². The number of nitrogens with one attached hydrogen (secondary N) is 2. The lowest BCUT2D eigenvalue weighted by Crippen LogP contribution is -2.40. The van der Waals surface area contributed by atoms with Crippen molar-refractivity contribution in [3.63, 3.8) is 0 Å². The van der Waals surface area contributed by atoms with Gasteiger partial charge in [-0.2, -0.15) is 13.9 Å². The number of rotatable bonds is 3. The Balaban J connectivity index is 2.67. The largest absolute Gasteiger partial charge is 0.383 e. The molecule has 0 unspecified atom stereocenters. The van der Waals surface area contributed by atoms with Gasteiger partial charge in [0.15, 0.2) is 0 Å². The molecule has 0 bridgehead atoms. The summed E-state index contributed by atoms with van der Waals surface area (Å²) in [5.41, 5.74) is -0.102. The van der Waals surface area contributed by atoms with Gasteiger partial charge in [0.1, 0.15) is 0 Å². The molecule has 14 heavy (non-hydrogen) atoms. The topological polar surface area (TPSA) is 57.8 Å². The highest BCUT2D eigenvalue weighted by atomic mass is 19.3. The van der Waals surface area contributed by atoms with Crippen molar-refractivity contribution in [2.24, 2.45) is 0 Å². The Kier molecular flexibility index (Phi) is 2.73. The van der Waals surface area contributed by atoms with Gasteiger partial charge < -0.3 is 5.32 Å². The van der Waals surface area contributed by atoms with E-state index in [9.17, 15) is 22.4 Å². The summed E-state index contributed by atoms with van der Waals surface area (Å²) < 4.78 is 48.0. The number of aromatic amines is 1. The molecule has 78 valence electrons. The zero-order valence-electron chi connectivity index (χ0n) is 6.60. The van der Waals surface area contributed by atoms with E-state index in [0.29, 0.717) is 0 Å². The third-order valence-corrected chi connectivity index (χ3v) is 1.33. The summed E-state index contributed by atoms with van der Waals surface area (Å²) in [5.74, 6) is -6.76. The zero-order chi connectivity index (χ0) is 10.8. The van der Waals surface area contributed by atoms with Gasteiger partial charge in [-0.15, -0.1) is 0 Å². The van der Waals surface area contributed by atoms with Gasteiger partial charge in [-0.05, 0) is 0 Å². The fraction of sp³-hybridized carbons (Fsp3) is 0.333. The summed E-state index contributed by atoms with van der Waals surface area (Å²) in [6.07, 6.45) is -1.94. The first-order chi connectivity index (χ1) is 6.44. The average Bonchev–Trinajstić information content (AvgIpc) is 2.56. The van der Waals surface area contributed by atoms with Crippen molar-refractivity contribution in [3.05, 3.63) is 12.4 Å². The van der Waals surface area contributed by atoms with E-state index in [4.69, 9.17) is 0 Å². The van der Waals surface area contributed by atoms with Crippen molar-refractivity contribution in [2.45, 2.75) is 12.3 Å². The van der Waals surface area contributed by atoms with Crippen LogP contribution in [0.1, 0.15) is 0 Å². The molecule has 2 N–H and O–H groups in total. The number of aromatic nitrogens is 2. The smallest absolute Gasteiger partial charge is 0.318 e. The molecule has 0 aliphatic carbocycles. The van der Waals surface area contributed by atoms with Crippen LogP contribution in [0.2, 0.25) is 0 Å². The van der Waals surface area contributed by atoms with Crippen LogP contribution >= 0.6 is 0 Å². The van der Waals surface area contributed by atoms with Crippen LogP contribution in [-0.2, 0) is 4.79 Å². The fourth-order valence-corrected chi connectivity index (χ4v) is 0.633. The second-order valence-corrected chi connectivity index (χ2v) is 2.36. The number of hydrogen-bond donors (Lipinski definition) is 2. The molecule has 0 saturated carbocycles. The Bertz CT molecular complexity index is 311. The molecule has 0 atom stereocenters. The molecule has 0 spiro atoms. The Hall–Kier alpha value is -1.60. The number of H-pyrrole nitrogens is 1. The molecule has 8 heteroatoms. The number of halogens is 4. The minimum absolute atomic E-state index is 0.102. The van der Waals surface area contributed by atoms with E-state index >= 15 is 0 Å². The molecule has 4 nitrogen and oxygen atoms in total. The van der Waals surface area contributed by atoms with Crippen LogP contribution in [0.25, 0.3) is 0 Å². The summed E-state index contributed by atoms with van der Waals surface area (Å²) >= 11 is 0.